The van der Waals surface area contributed by atoms with Crippen molar-refractivity contribution in [2.24, 2.45) is 5.73 Å². The van der Waals surface area contributed by atoms with Crippen molar-refractivity contribution in [3.63, 3.8) is 0 Å². The minimum atomic E-state index is -0.0313. The SMILES string of the molecule is CC(C(N)=S)N1CCN(C(=O)c2ccc(Cl)c(Cl)c2)CC1. The van der Waals surface area contributed by atoms with Gasteiger partial charge >= 0.3 is 0 Å². The molecule has 0 bridgehead atoms. The van der Waals surface area contributed by atoms with Crippen molar-refractivity contribution in [3.8, 4) is 0 Å². The molecule has 1 heterocycles. The van der Waals surface area contributed by atoms with Crippen LogP contribution in [0.4, 0.5) is 0 Å². The molecule has 2 rings (SSSR count). The van der Waals surface area contributed by atoms with Crippen LogP contribution in [0.15, 0.2) is 18.2 Å². The molecule has 1 aromatic carbocycles. The average Bonchev–Trinajstić information content (AvgIpc) is 2.48. The highest BCUT2D eigenvalue weighted by Crippen LogP contribution is 2.23. The van der Waals surface area contributed by atoms with Gasteiger partial charge in [-0.1, -0.05) is 35.4 Å². The number of thiocarbonyl (C=S) groups is 1. The molecule has 0 spiro atoms. The van der Waals surface area contributed by atoms with E-state index in [0.717, 1.165) is 13.1 Å². The van der Waals surface area contributed by atoms with Crippen LogP contribution in [-0.2, 0) is 0 Å². The Morgan fingerprint density at radius 3 is 2.38 bits per heavy atom. The Morgan fingerprint density at radius 1 is 1.24 bits per heavy atom. The lowest BCUT2D eigenvalue weighted by Gasteiger charge is -2.37. The van der Waals surface area contributed by atoms with E-state index in [-0.39, 0.29) is 11.9 Å². The first-order valence-electron chi connectivity index (χ1n) is 6.68. The van der Waals surface area contributed by atoms with Crippen LogP contribution in [0.1, 0.15) is 17.3 Å². The highest BCUT2D eigenvalue weighted by Gasteiger charge is 2.25. The number of piperazine rings is 1. The minimum absolute atomic E-state index is 0.0313. The number of amides is 1. The van der Waals surface area contributed by atoms with Crippen LogP contribution in [0.3, 0.4) is 0 Å². The van der Waals surface area contributed by atoms with Crippen molar-refractivity contribution in [3.05, 3.63) is 33.8 Å². The third-order valence-corrected chi connectivity index (χ3v) is 4.81. The second-order valence-electron chi connectivity index (χ2n) is 5.04. The molecule has 0 saturated carbocycles. The molecule has 0 radical (unpaired) electrons. The second-order valence-corrected chi connectivity index (χ2v) is 6.32. The summed E-state index contributed by atoms with van der Waals surface area (Å²) in [5.74, 6) is -0.0313. The zero-order valence-electron chi connectivity index (χ0n) is 11.7. The summed E-state index contributed by atoms with van der Waals surface area (Å²) < 4.78 is 0. The van der Waals surface area contributed by atoms with Gasteiger partial charge in [-0.05, 0) is 25.1 Å². The van der Waals surface area contributed by atoms with Crippen LogP contribution in [0, 0.1) is 0 Å². The molecule has 1 aromatic rings. The fourth-order valence-corrected chi connectivity index (χ4v) is 2.75. The van der Waals surface area contributed by atoms with E-state index < -0.39 is 0 Å². The topological polar surface area (TPSA) is 49.6 Å². The normalized spacial score (nSPS) is 17.6. The zero-order chi connectivity index (χ0) is 15.6. The molecule has 1 aliphatic rings. The summed E-state index contributed by atoms with van der Waals surface area (Å²) in [4.78, 5) is 16.9. The number of hydrogen-bond donors (Lipinski definition) is 1. The Bertz CT molecular complexity index is 559. The van der Waals surface area contributed by atoms with Gasteiger partial charge in [0, 0.05) is 31.7 Å². The van der Waals surface area contributed by atoms with E-state index in [1.165, 1.54) is 0 Å². The van der Waals surface area contributed by atoms with Gasteiger partial charge in [-0.15, -0.1) is 0 Å². The molecule has 1 amide bonds. The molecule has 114 valence electrons. The number of benzene rings is 1. The van der Waals surface area contributed by atoms with Crippen LogP contribution in [0.5, 0.6) is 0 Å². The fraction of sp³-hybridized carbons (Fsp3) is 0.429. The van der Waals surface area contributed by atoms with E-state index in [2.05, 4.69) is 4.90 Å². The zero-order valence-corrected chi connectivity index (χ0v) is 14.0. The van der Waals surface area contributed by atoms with Crippen molar-refractivity contribution in [1.82, 2.24) is 9.80 Å². The minimum Gasteiger partial charge on any atom is -0.392 e. The van der Waals surface area contributed by atoms with E-state index in [1.807, 2.05) is 11.8 Å². The molecule has 1 saturated heterocycles. The molecular weight excluding hydrogens is 329 g/mol. The van der Waals surface area contributed by atoms with Crippen LogP contribution >= 0.6 is 35.4 Å². The van der Waals surface area contributed by atoms with Gasteiger partial charge < -0.3 is 10.6 Å². The maximum atomic E-state index is 12.4. The third-order valence-electron chi connectivity index (χ3n) is 3.73. The highest BCUT2D eigenvalue weighted by molar-refractivity contribution is 7.80. The maximum absolute atomic E-state index is 12.4. The first kappa shape index (κ1) is 16.5. The molecule has 1 aliphatic heterocycles. The van der Waals surface area contributed by atoms with Crippen molar-refractivity contribution in [2.75, 3.05) is 26.2 Å². The van der Waals surface area contributed by atoms with Gasteiger partial charge in [0.2, 0.25) is 0 Å². The summed E-state index contributed by atoms with van der Waals surface area (Å²) in [6.07, 6.45) is 0. The third kappa shape index (κ3) is 3.86. The van der Waals surface area contributed by atoms with Gasteiger partial charge in [-0.25, -0.2) is 0 Å². The summed E-state index contributed by atoms with van der Waals surface area (Å²) >= 11 is 16.8. The van der Waals surface area contributed by atoms with Crippen LogP contribution < -0.4 is 5.73 Å². The number of nitrogens with two attached hydrogens (primary N) is 1. The molecular formula is C14H17Cl2N3OS. The van der Waals surface area contributed by atoms with Gasteiger partial charge in [0.1, 0.15) is 0 Å². The molecule has 2 N–H and O–H groups in total. The number of hydrogen-bond acceptors (Lipinski definition) is 3. The Morgan fingerprint density at radius 2 is 1.86 bits per heavy atom. The van der Waals surface area contributed by atoms with Gasteiger partial charge in [-0.2, -0.15) is 0 Å². The molecule has 1 atom stereocenters. The van der Waals surface area contributed by atoms with E-state index >= 15 is 0 Å². The lowest BCUT2D eigenvalue weighted by atomic mass is 10.1. The fourth-order valence-electron chi connectivity index (χ4n) is 2.30. The van der Waals surface area contributed by atoms with Crippen LogP contribution in [0.2, 0.25) is 10.0 Å². The molecule has 1 unspecified atom stereocenters. The lowest BCUT2D eigenvalue weighted by molar-refractivity contribution is 0.0621. The van der Waals surface area contributed by atoms with E-state index in [0.29, 0.717) is 33.7 Å². The number of nitrogens with zero attached hydrogens (tertiary/aromatic N) is 2. The van der Waals surface area contributed by atoms with Crippen molar-refractivity contribution in [1.29, 1.82) is 0 Å². The summed E-state index contributed by atoms with van der Waals surface area (Å²) in [5.41, 5.74) is 6.22. The van der Waals surface area contributed by atoms with Gasteiger partial charge in [0.05, 0.1) is 21.1 Å². The predicted molar refractivity (Wildman–Crippen MR) is 90.2 cm³/mol. The molecule has 4 nitrogen and oxygen atoms in total. The van der Waals surface area contributed by atoms with Gasteiger partial charge in [0.15, 0.2) is 0 Å². The molecule has 0 aromatic heterocycles. The monoisotopic (exact) mass is 345 g/mol. The summed E-state index contributed by atoms with van der Waals surface area (Å²) in [6.45, 7) is 4.79. The molecule has 7 heteroatoms. The first-order chi connectivity index (χ1) is 9.90. The van der Waals surface area contributed by atoms with Crippen LogP contribution in [0.25, 0.3) is 0 Å². The standard InChI is InChI=1S/C14H17Cl2N3OS/c1-9(13(17)21)18-4-6-19(7-5-18)14(20)10-2-3-11(15)12(16)8-10/h2-3,8-9H,4-7H2,1H3,(H2,17,21). The van der Waals surface area contributed by atoms with Crippen molar-refractivity contribution < 1.29 is 4.79 Å². The molecule has 21 heavy (non-hydrogen) atoms. The van der Waals surface area contributed by atoms with E-state index in [9.17, 15) is 4.79 Å². The number of carbonyl (C=O) groups excluding carboxylic acids is 1. The molecule has 0 aliphatic carbocycles. The van der Waals surface area contributed by atoms with E-state index in [4.69, 9.17) is 41.2 Å². The Balaban J connectivity index is 2.00. The summed E-state index contributed by atoms with van der Waals surface area (Å²) in [7, 11) is 0. The quantitative estimate of drug-likeness (QED) is 0.854. The van der Waals surface area contributed by atoms with Crippen LogP contribution in [-0.4, -0.2) is 52.9 Å². The number of carbonyl (C=O) groups is 1. The summed E-state index contributed by atoms with van der Waals surface area (Å²) in [6, 6.07) is 5.00. The largest absolute Gasteiger partial charge is 0.392 e. The Labute approximate surface area is 139 Å². The van der Waals surface area contributed by atoms with Gasteiger partial charge in [0.25, 0.3) is 5.91 Å². The summed E-state index contributed by atoms with van der Waals surface area (Å²) in [5, 5.41) is 0.839. The van der Waals surface area contributed by atoms with Gasteiger partial charge in [-0.3, -0.25) is 9.69 Å². The van der Waals surface area contributed by atoms with Crippen molar-refractivity contribution >= 4 is 46.3 Å². The van der Waals surface area contributed by atoms with E-state index in [1.54, 1.807) is 18.2 Å². The number of halogens is 2. The predicted octanol–water partition coefficient (Wildman–Crippen LogP) is 2.43. The Kier molecular flexibility index (Phi) is 5.43. The Hall–Kier alpha value is -0.880. The molecule has 1 fully saturated rings. The van der Waals surface area contributed by atoms with Crippen molar-refractivity contribution in [2.45, 2.75) is 13.0 Å². The first-order valence-corrected chi connectivity index (χ1v) is 7.84. The number of rotatable bonds is 3. The lowest BCUT2D eigenvalue weighted by Crippen LogP contribution is -2.53. The average molecular weight is 346 g/mol. The highest BCUT2D eigenvalue weighted by atomic mass is 35.5. The smallest absolute Gasteiger partial charge is 0.253 e. The second kappa shape index (κ2) is 6.92. The maximum Gasteiger partial charge on any atom is 0.253 e.